The predicted molar refractivity (Wildman–Crippen MR) is 81.7 cm³/mol. The monoisotopic (exact) mass is 316 g/mol. The second-order valence-electron chi connectivity index (χ2n) is 5.71. The van der Waals surface area contributed by atoms with Crippen LogP contribution in [0.4, 0.5) is 0 Å². The van der Waals surface area contributed by atoms with Gasteiger partial charge in [-0.15, -0.1) is 0 Å². The van der Waals surface area contributed by atoms with Crippen LogP contribution >= 0.6 is 0 Å². The zero-order valence-corrected chi connectivity index (χ0v) is 12.4. The minimum atomic E-state index is -1.34. The first-order chi connectivity index (χ1) is 11.0. The topological polar surface area (TPSA) is 93.8 Å². The highest BCUT2D eigenvalue weighted by Crippen LogP contribution is 2.27. The van der Waals surface area contributed by atoms with Crippen molar-refractivity contribution in [3.63, 3.8) is 0 Å². The smallest absolute Gasteiger partial charge is 0.351 e. The number of fused-ring (bicyclic) bond motifs is 1. The zero-order chi connectivity index (χ0) is 16.4. The molecule has 0 bridgehead atoms. The van der Waals surface area contributed by atoms with Crippen molar-refractivity contribution in [2.24, 2.45) is 5.92 Å². The third kappa shape index (κ3) is 3.26. The van der Waals surface area contributed by atoms with Crippen LogP contribution in [0.3, 0.4) is 0 Å². The second kappa shape index (κ2) is 6.24. The maximum Gasteiger partial charge on any atom is 0.351 e. The fraction of sp³-hybridized carbons (Fsp3) is 0.353. The molecule has 0 amide bonds. The summed E-state index contributed by atoms with van der Waals surface area (Å²) < 4.78 is 10.4. The van der Waals surface area contributed by atoms with Gasteiger partial charge < -0.3 is 14.3 Å². The lowest BCUT2D eigenvalue weighted by Crippen LogP contribution is -2.22. The Kier molecular flexibility index (Phi) is 4.14. The Hall–Kier alpha value is -2.63. The molecule has 1 aliphatic carbocycles. The lowest BCUT2D eigenvalue weighted by Gasteiger charge is -2.19. The number of carbonyl (C=O) groups excluding carboxylic acids is 1. The lowest BCUT2D eigenvalue weighted by atomic mass is 9.89. The molecule has 3 rings (SSSR count). The molecule has 23 heavy (non-hydrogen) atoms. The predicted octanol–water partition coefficient (Wildman–Crippen LogP) is 2.98. The van der Waals surface area contributed by atoms with Gasteiger partial charge in [0.2, 0.25) is 0 Å². The molecule has 2 aromatic rings. The maximum atomic E-state index is 12.1. The number of carbonyl (C=O) groups is 2. The normalized spacial score (nSPS) is 15.5. The molecular formula is C17H16O6. The average Bonchev–Trinajstić information content (AvgIpc) is 2.54. The van der Waals surface area contributed by atoms with E-state index >= 15 is 0 Å². The fourth-order valence-electron chi connectivity index (χ4n) is 2.84. The number of hydrogen-bond acceptors (Lipinski definition) is 5. The minimum absolute atomic E-state index is 0.0826. The summed E-state index contributed by atoms with van der Waals surface area (Å²) >= 11 is 0. The molecule has 6 nitrogen and oxygen atoms in total. The molecule has 0 aliphatic heterocycles. The van der Waals surface area contributed by atoms with Gasteiger partial charge in [-0.1, -0.05) is 19.3 Å². The van der Waals surface area contributed by atoms with Crippen molar-refractivity contribution in [1.29, 1.82) is 0 Å². The van der Waals surface area contributed by atoms with E-state index in [0.717, 1.165) is 32.1 Å². The highest BCUT2D eigenvalue weighted by molar-refractivity contribution is 5.91. The molecule has 0 atom stereocenters. The van der Waals surface area contributed by atoms with Crippen LogP contribution in [0.5, 0.6) is 5.75 Å². The van der Waals surface area contributed by atoms with Crippen molar-refractivity contribution in [3.05, 3.63) is 40.2 Å². The van der Waals surface area contributed by atoms with Crippen LogP contribution in [0.15, 0.2) is 33.5 Å². The molecule has 1 aromatic heterocycles. The largest absolute Gasteiger partial charge is 0.477 e. The van der Waals surface area contributed by atoms with E-state index in [-0.39, 0.29) is 17.5 Å². The van der Waals surface area contributed by atoms with Crippen molar-refractivity contribution in [3.8, 4) is 5.75 Å². The van der Waals surface area contributed by atoms with E-state index < -0.39 is 17.2 Å². The first kappa shape index (κ1) is 15.3. The number of ether oxygens (including phenoxy) is 1. The van der Waals surface area contributed by atoms with E-state index in [1.165, 1.54) is 12.1 Å². The molecular weight excluding hydrogens is 300 g/mol. The molecule has 6 heteroatoms. The van der Waals surface area contributed by atoms with Crippen molar-refractivity contribution in [1.82, 2.24) is 0 Å². The Bertz CT molecular complexity index is 813. The van der Waals surface area contributed by atoms with Gasteiger partial charge >= 0.3 is 17.6 Å². The summed E-state index contributed by atoms with van der Waals surface area (Å²) in [5, 5.41) is 9.37. The first-order valence-electron chi connectivity index (χ1n) is 7.57. The number of rotatable bonds is 3. The number of benzene rings is 1. The molecule has 1 fully saturated rings. The number of carboxylic acid groups (broad SMARTS) is 1. The Balaban J connectivity index is 1.85. The molecule has 1 heterocycles. The molecule has 1 saturated carbocycles. The van der Waals surface area contributed by atoms with E-state index in [9.17, 15) is 14.4 Å². The summed E-state index contributed by atoms with van der Waals surface area (Å²) in [6.07, 6.45) is 4.89. The van der Waals surface area contributed by atoms with Gasteiger partial charge in [-0.3, -0.25) is 4.79 Å². The summed E-state index contributed by atoms with van der Waals surface area (Å²) in [6.45, 7) is 0. The number of esters is 1. The molecule has 120 valence electrons. The van der Waals surface area contributed by atoms with Crippen LogP contribution in [-0.4, -0.2) is 17.0 Å². The van der Waals surface area contributed by atoms with E-state index in [4.69, 9.17) is 14.3 Å². The van der Waals surface area contributed by atoms with Crippen LogP contribution in [0.2, 0.25) is 0 Å². The van der Waals surface area contributed by atoms with E-state index in [1.54, 1.807) is 12.1 Å². The van der Waals surface area contributed by atoms with Crippen LogP contribution in [0.25, 0.3) is 11.0 Å². The van der Waals surface area contributed by atoms with E-state index in [0.29, 0.717) is 11.1 Å². The van der Waals surface area contributed by atoms with Crippen LogP contribution in [0.1, 0.15) is 42.5 Å². The van der Waals surface area contributed by atoms with Gasteiger partial charge in [0, 0.05) is 11.5 Å². The molecule has 0 spiro atoms. The van der Waals surface area contributed by atoms with E-state index in [1.807, 2.05) is 0 Å². The standard InChI is InChI=1S/C17H16O6/c18-15(19)13-8-11-6-7-12(9-14(11)23-17(13)21)22-16(20)10-4-2-1-3-5-10/h6-10H,1-5H2,(H,18,19). The maximum absolute atomic E-state index is 12.1. The Morgan fingerprint density at radius 2 is 1.87 bits per heavy atom. The average molecular weight is 316 g/mol. The summed E-state index contributed by atoms with van der Waals surface area (Å²) in [5.74, 6) is -1.40. The SMILES string of the molecule is O=C(O)c1cc2ccc(OC(=O)C3CCCCC3)cc2oc1=O. The first-order valence-corrected chi connectivity index (χ1v) is 7.57. The van der Waals surface area contributed by atoms with E-state index in [2.05, 4.69) is 0 Å². The van der Waals surface area contributed by atoms with Gasteiger partial charge in [-0.05, 0) is 31.0 Å². The number of hydrogen-bond donors (Lipinski definition) is 1. The second-order valence-corrected chi connectivity index (χ2v) is 5.71. The Morgan fingerprint density at radius 1 is 1.13 bits per heavy atom. The number of aromatic carboxylic acids is 1. The summed E-state index contributed by atoms with van der Waals surface area (Å²) in [5.41, 5.74) is -1.17. The quantitative estimate of drug-likeness (QED) is 0.531. The van der Waals surface area contributed by atoms with Gasteiger partial charge in [0.05, 0.1) is 5.92 Å². The van der Waals surface area contributed by atoms with Crippen molar-refractivity contribution in [2.45, 2.75) is 32.1 Å². The van der Waals surface area contributed by atoms with Gasteiger partial charge in [0.25, 0.3) is 0 Å². The highest BCUT2D eigenvalue weighted by atomic mass is 16.5. The Labute approximate surface area is 131 Å². The summed E-state index contributed by atoms with van der Waals surface area (Å²) in [4.78, 5) is 34.6. The molecule has 0 radical (unpaired) electrons. The van der Waals surface area contributed by atoms with Crippen molar-refractivity contribution >= 4 is 22.9 Å². The Morgan fingerprint density at radius 3 is 2.57 bits per heavy atom. The van der Waals surface area contributed by atoms with Crippen LogP contribution in [0, 0.1) is 5.92 Å². The van der Waals surface area contributed by atoms with Crippen LogP contribution < -0.4 is 10.4 Å². The molecule has 1 aliphatic rings. The molecule has 1 N–H and O–H groups in total. The van der Waals surface area contributed by atoms with Gasteiger partial charge in [-0.2, -0.15) is 0 Å². The third-order valence-electron chi connectivity index (χ3n) is 4.09. The van der Waals surface area contributed by atoms with Crippen molar-refractivity contribution in [2.75, 3.05) is 0 Å². The molecule has 0 unspecified atom stereocenters. The lowest BCUT2D eigenvalue weighted by molar-refractivity contribution is -0.139. The number of carboxylic acids is 1. The van der Waals surface area contributed by atoms with Crippen molar-refractivity contribution < 1.29 is 23.8 Å². The zero-order valence-electron chi connectivity index (χ0n) is 12.4. The summed E-state index contributed by atoms with van der Waals surface area (Å²) in [6, 6.07) is 5.81. The van der Waals surface area contributed by atoms with Gasteiger partial charge in [-0.25, -0.2) is 9.59 Å². The van der Waals surface area contributed by atoms with Gasteiger partial charge in [0.1, 0.15) is 16.9 Å². The van der Waals surface area contributed by atoms with Crippen LogP contribution in [-0.2, 0) is 4.79 Å². The fourth-order valence-corrected chi connectivity index (χ4v) is 2.84. The molecule has 1 aromatic carbocycles. The molecule has 0 saturated heterocycles. The summed E-state index contributed by atoms with van der Waals surface area (Å²) in [7, 11) is 0. The van der Waals surface area contributed by atoms with Gasteiger partial charge in [0.15, 0.2) is 0 Å². The highest BCUT2D eigenvalue weighted by Gasteiger charge is 2.23. The third-order valence-corrected chi connectivity index (χ3v) is 4.09. The minimum Gasteiger partial charge on any atom is -0.477 e.